The van der Waals surface area contributed by atoms with Gasteiger partial charge in [0.25, 0.3) is 0 Å². The van der Waals surface area contributed by atoms with Crippen LogP contribution >= 0.6 is 0 Å². The third-order valence-corrected chi connectivity index (χ3v) is 1.65. The lowest BCUT2D eigenvalue weighted by Gasteiger charge is -2.10. The summed E-state index contributed by atoms with van der Waals surface area (Å²) in [5.74, 6) is 0. The average Bonchev–Trinajstić information content (AvgIpc) is 2.05. The average molecular weight is 166 g/mol. The van der Waals surface area contributed by atoms with Crippen molar-refractivity contribution in [3.63, 3.8) is 0 Å². The maximum absolute atomic E-state index is 4.95. The zero-order valence-electron chi connectivity index (χ0n) is 8.01. The van der Waals surface area contributed by atoms with Gasteiger partial charge in [-0.25, -0.2) is 4.99 Å². The first-order valence-electron chi connectivity index (χ1n) is 4.51. The lowest BCUT2D eigenvalue weighted by molar-refractivity contribution is 0.518. The van der Waals surface area contributed by atoms with Gasteiger partial charge >= 0.3 is 0 Å². The van der Waals surface area contributed by atoms with E-state index in [9.17, 15) is 0 Å². The number of nitrogens with zero attached hydrogens (tertiary/aromatic N) is 1. The lowest BCUT2D eigenvalue weighted by atomic mass is 10.2. The molecular formula is C10H18N2. The summed E-state index contributed by atoms with van der Waals surface area (Å²) >= 11 is 0. The van der Waals surface area contributed by atoms with Crippen LogP contribution in [0.5, 0.6) is 0 Å². The zero-order valence-corrected chi connectivity index (χ0v) is 8.01. The highest BCUT2D eigenvalue weighted by Gasteiger charge is 1.96. The SMILES string of the molecule is C#CN=CCCNC(C)CCC. The molecule has 2 nitrogen and oxygen atoms in total. The number of nitrogens with one attached hydrogen (secondary N) is 1. The molecule has 1 atom stereocenters. The molecule has 0 bridgehead atoms. The second-order valence-electron chi connectivity index (χ2n) is 2.87. The van der Waals surface area contributed by atoms with E-state index in [-0.39, 0.29) is 0 Å². The molecule has 0 aliphatic carbocycles. The van der Waals surface area contributed by atoms with Crippen molar-refractivity contribution in [2.45, 2.75) is 39.2 Å². The number of rotatable bonds is 6. The Labute approximate surface area is 75.5 Å². The van der Waals surface area contributed by atoms with Crippen LogP contribution in [0.4, 0.5) is 0 Å². The van der Waals surface area contributed by atoms with E-state index in [4.69, 9.17) is 6.42 Å². The highest BCUT2D eigenvalue weighted by molar-refractivity contribution is 5.58. The molecule has 0 fully saturated rings. The largest absolute Gasteiger partial charge is 0.314 e. The Hall–Kier alpha value is -0.810. The van der Waals surface area contributed by atoms with E-state index >= 15 is 0 Å². The molecule has 68 valence electrons. The topological polar surface area (TPSA) is 24.4 Å². The van der Waals surface area contributed by atoms with E-state index in [2.05, 4.69) is 30.2 Å². The first-order chi connectivity index (χ1) is 5.81. The predicted octanol–water partition coefficient (Wildman–Crippen LogP) is 1.82. The maximum Gasteiger partial charge on any atom is 0.0298 e. The van der Waals surface area contributed by atoms with E-state index in [1.165, 1.54) is 12.8 Å². The Kier molecular flexibility index (Phi) is 7.73. The Bertz CT molecular complexity index is 156. The minimum Gasteiger partial charge on any atom is -0.314 e. The van der Waals surface area contributed by atoms with Gasteiger partial charge in [0, 0.05) is 24.8 Å². The first kappa shape index (κ1) is 11.2. The van der Waals surface area contributed by atoms with Gasteiger partial charge in [0.1, 0.15) is 0 Å². The van der Waals surface area contributed by atoms with Crippen molar-refractivity contribution in [3.05, 3.63) is 0 Å². The third kappa shape index (κ3) is 7.30. The molecule has 12 heavy (non-hydrogen) atoms. The smallest absolute Gasteiger partial charge is 0.0298 e. The fourth-order valence-corrected chi connectivity index (χ4v) is 1.05. The molecule has 0 saturated carbocycles. The predicted molar refractivity (Wildman–Crippen MR) is 54.3 cm³/mol. The van der Waals surface area contributed by atoms with Crippen molar-refractivity contribution in [2.24, 2.45) is 4.99 Å². The minimum absolute atomic E-state index is 0.606. The summed E-state index contributed by atoms with van der Waals surface area (Å²) in [4.78, 5) is 3.68. The van der Waals surface area contributed by atoms with Crippen LogP contribution in [0.2, 0.25) is 0 Å². The summed E-state index contributed by atoms with van der Waals surface area (Å²) in [5.41, 5.74) is 0. The number of hydrogen-bond acceptors (Lipinski definition) is 2. The summed E-state index contributed by atoms with van der Waals surface area (Å²) < 4.78 is 0. The van der Waals surface area contributed by atoms with Gasteiger partial charge in [-0.3, -0.25) is 0 Å². The van der Waals surface area contributed by atoms with Crippen LogP contribution in [-0.2, 0) is 0 Å². The molecule has 0 aromatic heterocycles. The van der Waals surface area contributed by atoms with E-state index in [1.54, 1.807) is 6.21 Å². The van der Waals surface area contributed by atoms with Crippen molar-refractivity contribution < 1.29 is 0 Å². The fraction of sp³-hybridized carbons (Fsp3) is 0.700. The Morgan fingerprint density at radius 2 is 2.42 bits per heavy atom. The van der Waals surface area contributed by atoms with Gasteiger partial charge in [-0.1, -0.05) is 19.8 Å². The van der Waals surface area contributed by atoms with Gasteiger partial charge < -0.3 is 5.32 Å². The van der Waals surface area contributed by atoms with Crippen LogP contribution in [0.3, 0.4) is 0 Å². The summed E-state index contributed by atoms with van der Waals surface area (Å²) in [6.07, 6.45) is 10.1. The second-order valence-corrected chi connectivity index (χ2v) is 2.87. The van der Waals surface area contributed by atoms with Crippen LogP contribution in [-0.4, -0.2) is 18.8 Å². The minimum atomic E-state index is 0.606. The monoisotopic (exact) mass is 166 g/mol. The maximum atomic E-state index is 4.95. The normalized spacial score (nSPS) is 13.1. The molecule has 0 aliphatic rings. The molecule has 0 saturated heterocycles. The molecule has 0 rings (SSSR count). The van der Waals surface area contributed by atoms with E-state index in [0.29, 0.717) is 6.04 Å². The van der Waals surface area contributed by atoms with Crippen molar-refractivity contribution in [1.82, 2.24) is 5.32 Å². The van der Waals surface area contributed by atoms with Gasteiger partial charge in [-0.2, -0.15) is 0 Å². The molecule has 0 aromatic rings. The van der Waals surface area contributed by atoms with Gasteiger partial charge in [-0.05, 0) is 19.8 Å². The van der Waals surface area contributed by atoms with Crippen molar-refractivity contribution in [1.29, 1.82) is 0 Å². The Balaban J connectivity index is 3.20. The van der Waals surface area contributed by atoms with E-state index in [1.807, 2.05) is 0 Å². The van der Waals surface area contributed by atoms with Crippen LogP contribution in [0, 0.1) is 12.5 Å². The molecule has 0 aliphatic heterocycles. The first-order valence-corrected chi connectivity index (χ1v) is 4.51. The van der Waals surface area contributed by atoms with Crippen molar-refractivity contribution in [2.75, 3.05) is 6.54 Å². The van der Waals surface area contributed by atoms with Crippen LogP contribution < -0.4 is 5.32 Å². The molecule has 0 aromatic carbocycles. The highest BCUT2D eigenvalue weighted by atomic mass is 14.9. The standard InChI is InChI=1S/C10H18N2/c1-4-7-10(3)12-9-6-8-11-5-2/h2,8,10,12H,4,6-7,9H2,1,3H3. The molecule has 0 radical (unpaired) electrons. The lowest BCUT2D eigenvalue weighted by Crippen LogP contribution is -2.26. The van der Waals surface area contributed by atoms with Crippen LogP contribution in [0.1, 0.15) is 33.1 Å². The summed E-state index contributed by atoms with van der Waals surface area (Å²) in [7, 11) is 0. The van der Waals surface area contributed by atoms with E-state index < -0.39 is 0 Å². The van der Waals surface area contributed by atoms with Gasteiger partial charge in [0.05, 0.1) is 0 Å². The number of hydrogen-bond donors (Lipinski definition) is 1. The summed E-state index contributed by atoms with van der Waals surface area (Å²) in [6, 6.07) is 2.83. The molecule has 0 heterocycles. The quantitative estimate of drug-likeness (QED) is 0.363. The van der Waals surface area contributed by atoms with Crippen LogP contribution in [0.15, 0.2) is 4.99 Å². The highest BCUT2D eigenvalue weighted by Crippen LogP contribution is 1.93. The van der Waals surface area contributed by atoms with Gasteiger partial charge in [0.15, 0.2) is 0 Å². The van der Waals surface area contributed by atoms with Crippen LogP contribution in [0.25, 0.3) is 0 Å². The van der Waals surface area contributed by atoms with Crippen molar-refractivity contribution in [3.8, 4) is 12.5 Å². The Morgan fingerprint density at radius 1 is 1.67 bits per heavy atom. The van der Waals surface area contributed by atoms with Gasteiger partial charge in [-0.15, -0.1) is 0 Å². The van der Waals surface area contributed by atoms with Crippen molar-refractivity contribution >= 4 is 6.21 Å². The molecule has 1 N–H and O–H groups in total. The third-order valence-electron chi connectivity index (χ3n) is 1.65. The van der Waals surface area contributed by atoms with E-state index in [0.717, 1.165) is 13.0 Å². The molecule has 0 amide bonds. The molecule has 2 heteroatoms. The fourth-order valence-electron chi connectivity index (χ4n) is 1.05. The summed E-state index contributed by atoms with van der Waals surface area (Å²) in [6.45, 7) is 5.35. The number of aliphatic imine (C=N–C) groups is 1. The molecular weight excluding hydrogens is 148 g/mol. The Morgan fingerprint density at radius 3 is 3.00 bits per heavy atom. The molecule has 1 unspecified atom stereocenters. The zero-order chi connectivity index (χ0) is 9.23. The molecule has 0 spiro atoms. The van der Waals surface area contributed by atoms with Gasteiger partial charge in [0.2, 0.25) is 0 Å². The number of terminal acetylenes is 1. The second kappa shape index (κ2) is 8.29. The summed E-state index contributed by atoms with van der Waals surface area (Å²) in [5, 5.41) is 3.38.